The van der Waals surface area contributed by atoms with Crippen molar-refractivity contribution in [3.8, 4) is 0 Å². The predicted octanol–water partition coefficient (Wildman–Crippen LogP) is 2.49. The molecule has 1 amide bonds. The number of amidine groups is 1. The number of sulfone groups is 1. The number of anilines is 1. The number of nitrogens with zero attached hydrogens (tertiary/aromatic N) is 2. The van der Waals surface area contributed by atoms with Crippen LogP contribution in [0.5, 0.6) is 0 Å². The minimum absolute atomic E-state index is 0.0992. The molecule has 3 unspecified atom stereocenters. The second-order valence-corrected chi connectivity index (χ2v) is 10.3. The molecule has 4 rings (SSSR count). The molecule has 0 N–H and O–H groups in total. The molecule has 0 aromatic heterocycles. The number of aliphatic imine (C=N–C) groups is 1. The molecule has 1 aromatic carbocycles. The number of carbonyl (C=O) groups excluding carboxylic acids is 1. The van der Waals surface area contributed by atoms with E-state index in [1.54, 1.807) is 0 Å². The number of thioether (sulfide) groups is 1. The zero-order chi connectivity index (χ0) is 20.1. The van der Waals surface area contributed by atoms with E-state index >= 15 is 0 Å². The summed E-state index contributed by atoms with van der Waals surface area (Å²) in [5.74, 6) is -0.971. The Morgan fingerprint density at radius 1 is 1.25 bits per heavy atom. The summed E-state index contributed by atoms with van der Waals surface area (Å²) in [5.41, 5.74) is -1.08. The van der Waals surface area contributed by atoms with Gasteiger partial charge in [0, 0.05) is 11.9 Å². The molecule has 1 aromatic rings. The van der Waals surface area contributed by atoms with E-state index in [4.69, 9.17) is 4.74 Å². The highest BCUT2D eigenvalue weighted by molar-refractivity contribution is 8.16. The average Bonchev–Trinajstić information content (AvgIpc) is 3.28. The number of hydrogen-bond donors (Lipinski definition) is 0. The van der Waals surface area contributed by atoms with Gasteiger partial charge < -0.3 is 9.64 Å². The molecule has 0 saturated carbocycles. The van der Waals surface area contributed by atoms with Crippen LogP contribution in [0.1, 0.15) is 18.4 Å². The molecule has 3 aliphatic rings. The molecule has 0 spiro atoms. The van der Waals surface area contributed by atoms with Crippen molar-refractivity contribution in [1.29, 1.82) is 0 Å². The summed E-state index contributed by atoms with van der Waals surface area (Å²) < 4.78 is 70.1. The van der Waals surface area contributed by atoms with Gasteiger partial charge >= 0.3 is 6.18 Å². The summed E-state index contributed by atoms with van der Waals surface area (Å²) in [4.78, 5) is 17.7. The van der Waals surface area contributed by atoms with Crippen molar-refractivity contribution in [1.82, 2.24) is 0 Å². The van der Waals surface area contributed by atoms with Gasteiger partial charge in [-0.3, -0.25) is 4.79 Å². The van der Waals surface area contributed by atoms with Crippen LogP contribution in [0, 0.1) is 0 Å². The van der Waals surface area contributed by atoms with E-state index in [9.17, 15) is 26.4 Å². The second kappa shape index (κ2) is 7.03. The molecular formula is C17H17F3N2O4S2. The number of alkyl halides is 3. The maximum atomic E-state index is 13.6. The van der Waals surface area contributed by atoms with E-state index in [0.29, 0.717) is 13.0 Å². The van der Waals surface area contributed by atoms with Crippen molar-refractivity contribution in [2.24, 2.45) is 4.99 Å². The van der Waals surface area contributed by atoms with Crippen molar-refractivity contribution in [2.75, 3.05) is 23.0 Å². The zero-order valence-electron chi connectivity index (χ0n) is 14.6. The Bertz CT molecular complexity index is 927. The maximum absolute atomic E-state index is 13.6. The maximum Gasteiger partial charge on any atom is 0.418 e. The van der Waals surface area contributed by atoms with Crippen molar-refractivity contribution in [3.05, 3.63) is 29.8 Å². The summed E-state index contributed by atoms with van der Waals surface area (Å²) in [6.07, 6.45) is -4.09. The number of fused-ring (bicyclic) bond motifs is 1. The fraction of sp³-hybridized carbons (Fsp3) is 0.529. The third kappa shape index (κ3) is 3.67. The van der Waals surface area contributed by atoms with Crippen LogP contribution in [-0.4, -0.2) is 55.0 Å². The number of hydrogen-bond acceptors (Lipinski definition) is 5. The standard InChI is InChI=1S/C17H17F3N2O4S2/c18-17(19,20)10-4-1-2-5-11(10)22-12-8-28(24,25)9-14(12)27-16(22)21-15(23)13-6-3-7-26-13/h1-2,4-5,12-14H,3,6-9H2. The zero-order valence-corrected chi connectivity index (χ0v) is 16.2. The Morgan fingerprint density at radius 3 is 2.68 bits per heavy atom. The molecule has 3 aliphatic heterocycles. The van der Waals surface area contributed by atoms with E-state index < -0.39 is 44.9 Å². The van der Waals surface area contributed by atoms with Crippen LogP contribution in [0.4, 0.5) is 18.9 Å². The SMILES string of the molecule is O=C(N=C1SC2CS(=O)(=O)CC2N1c1ccccc1C(F)(F)F)C1CCCO1. The largest absolute Gasteiger partial charge is 0.418 e. The highest BCUT2D eigenvalue weighted by Gasteiger charge is 2.51. The Morgan fingerprint density at radius 2 is 2.00 bits per heavy atom. The van der Waals surface area contributed by atoms with Crippen LogP contribution in [0.15, 0.2) is 29.3 Å². The predicted molar refractivity (Wildman–Crippen MR) is 99.2 cm³/mol. The average molecular weight is 434 g/mol. The van der Waals surface area contributed by atoms with E-state index in [1.807, 2.05) is 0 Å². The third-order valence-corrected chi connectivity index (χ3v) is 8.16. The number of halogens is 3. The Labute approximate surface area is 164 Å². The van der Waals surface area contributed by atoms with Crippen LogP contribution in [-0.2, 0) is 25.5 Å². The normalized spacial score (nSPS) is 30.8. The van der Waals surface area contributed by atoms with Gasteiger partial charge in [0.05, 0.1) is 28.8 Å². The van der Waals surface area contributed by atoms with Crippen LogP contribution < -0.4 is 4.90 Å². The van der Waals surface area contributed by atoms with E-state index in [-0.39, 0.29) is 22.4 Å². The molecule has 3 atom stereocenters. The molecule has 0 bridgehead atoms. The lowest BCUT2D eigenvalue weighted by Crippen LogP contribution is -2.39. The molecule has 28 heavy (non-hydrogen) atoms. The third-order valence-electron chi connectivity index (χ3n) is 4.95. The van der Waals surface area contributed by atoms with Crippen LogP contribution in [0.2, 0.25) is 0 Å². The minimum Gasteiger partial charge on any atom is -0.368 e. The number of para-hydroxylation sites is 1. The van der Waals surface area contributed by atoms with E-state index in [2.05, 4.69) is 4.99 Å². The first-order valence-corrected chi connectivity index (χ1v) is 11.4. The summed E-state index contributed by atoms with van der Waals surface area (Å²) in [5, 5.41) is -0.371. The fourth-order valence-corrected chi connectivity index (χ4v) is 7.62. The summed E-state index contributed by atoms with van der Waals surface area (Å²) in [7, 11) is -3.37. The molecule has 0 radical (unpaired) electrons. The molecular weight excluding hydrogens is 417 g/mol. The molecule has 3 heterocycles. The molecule has 3 fully saturated rings. The fourth-order valence-electron chi connectivity index (χ4n) is 3.71. The van der Waals surface area contributed by atoms with Gasteiger partial charge in [-0.15, -0.1) is 0 Å². The number of amides is 1. The molecule has 11 heteroatoms. The smallest absolute Gasteiger partial charge is 0.368 e. The number of ether oxygens (including phenoxy) is 1. The highest BCUT2D eigenvalue weighted by Crippen LogP contribution is 2.45. The van der Waals surface area contributed by atoms with Crippen molar-refractivity contribution < 1.29 is 31.1 Å². The Kier molecular flexibility index (Phi) is 4.95. The van der Waals surface area contributed by atoms with Gasteiger partial charge in [-0.25, -0.2) is 8.42 Å². The quantitative estimate of drug-likeness (QED) is 0.712. The minimum atomic E-state index is -4.62. The highest BCUT2D eigenvalue weighted by atomic mass is 32.2. The number of benzene rings is 1. The van der Waals surface area contributed by atoms with Gasteiger partial charge in [0.1, 0.15) is 6.10 Å². The molecule has 6 nitrogen and oxygen atoms in total. The van der Waals surface area contributed by atoms with Crippen molar-refractivity contribution >= 4 is 38.4 Å². The van der Waals surface area contributed by atoms with Crippen LogP contribution >= 0.6 is 11.8 Å². The topological polar surface area (TPSA) is 76.0 Å². The van der Waals surface area contributed by atoms with Crippen molar-refractivity contribution in [2.45, 2.75) is 36.4 Å². The Hall–Kier alpha value is -1.59. The van der Waals surface area contributed by atoms with Crippen LogP contribution in [0.3, 0.4) is 0 Å². The molecule has 152 valence electrons. The van der Waals surface area contributed by atoms with Gasteiger partial charge in [-0.2, -0.15) is 18.2 Å². The van der Waals surface area contributed by atoms with Gasteiger partial charge in [0.2, 0.25) is 0 Å². The number of carbonyl (C=O) groups is 1. The summed E-state index contributed by atoms with van der Waals surface area (Å²) >= 11 is 1.05. The lowest BCUT2D eigenvalue weighted by molar-refractivity contribution is -0.137. The van der Waals surface area contributed by atoms with Gasteiger partial charge in [0.15, 0.2) is 15.0 Å². The number of rotatable bonds is 2. The lowest BCUT2D eigenvalue weighted by atomic mass is 10.1. The summed E-state index contributed by atoms with van der Waals surface area (Å²) in [6, 6.07) is 4.24. The molecule has 0 aliphatic carbocycles. The van der Waals surface area contributed by atoms with E-state index in [1.165, 1.54) is 23.1 Å². The molecule has 3 saturated heterocycles. The van der Waals surface area contributed by atoms with Gasteiger partial charge in [-0.05, 0) is 25.0 Å². The first kappa shape index (κ1) is 19.7. The Balaban J connectivity index is 1.77. The lowest BCUT2D eigenvalue weighted by Gasteiger charge is -2.27. The second-order valence-electron chi connectivity index (χ2n) is 6.92. The van der Waals surface area contributed by atoms with Gasteiger partial charge in [0.25, 0.3) is 5.91 Å². The van der Waals surface area contributed by atoms with Crippen LogP contribution in [0.25, 0.3) is 0 Å². The first-order chi connectivity index (χ1) is 13.2. The first-order valence-electron chi connectivity index (χ1n) is 8.72. The van der Waals surface area contributed by atoms with Gasteiger partial charge in [-0.1, -0.05) is 23.9 Å². The summed E-state index contributed by atoms with van der Waals surface area (Å²) in [6.45, 7) is 0.443. The van der Waals surface area contributed by atoms with E-state index in [0.717, 1.165) is 24.2 Å². The van der Waals surface area contributed by atoms with Crippen molar-refractivity contribution in [3.63, 3.8) is 0 Å². The monoisotopic (exact) mass is 434 g/mol.